The van der Waals surface area contributed by atoms with Gasteiger partial charge >= 0.3 is 0 Å². The fourth-order valence-electron chi connectivity index (χ4n) is 1.61. The first-order chi connectivity index (χ1) is 9.49. The van der Waals surface area contributed by atoms with Crippen molar-refractivity contribution < 1.29 is 18.4 Å². The molecule has 1 aromatic carbocycles. The highest BCUT2D eigenvalue weighted by molar-refractivity contribution is 5.98. The summed E-state index contributed by atoms with van der Waals surface area (Å²) < 4.78 is 27.8. The molecule has 104 valence electrons. The molecular formula is C13H11F2N3O2. The van der Waals surface area contributed by atoms with Gasteiger partial charge in [-0.1, -0.05) is 0 Å². The van der Waals surface area contributed by atoms with E-state index in [2.05, 4.69) is 5.43 Å². The number of nitrogens with one attached hydrogen (secondary N) is 2. The highest BCUT2D eigenvalue weighted by Gasteiger charge is 2.14. The maximum atomic E-state index is 13.3. The van der Waals surface area contributed by atoms with Crippen molar-refractivity contribution in [3.63, 3.8) is 0 Å². The Labute approximate surface area is 113 Å². The lowest BCUT2D eigenvalue weighted by molar-refractivity contribution is 0.0839. The smallest absolute Gasteiger partial charge is 0.286 e. The van der Waals surface area contributed by atoms with Crippen molar-refractivity contribution in [1.82, 2.24) is 15.4 Å². The molecule has 0 aliphatic heterocycles. The Bertz CT molecular complexity index is 667. The molecule has 2 rings (SSSR count). The van der Waals surface area contributed by atoms with Crippen molar-refractivity contribution in [2.45, 2.75) is 0 Å². The van der Waals surface area contributed by atoms with Crippen LogP contribution in [0, 0.1) is 11.6 Å². The first-order valence-corrected chi connectivity index (χ1v) is 5.66. The summed E-state index contributed by atoms with van der Waals surface area (Å²) in [6.07, 6.45) is 1.66. The number of rotatable bonds is 2. The highest BCUT2D eigenvalue weighted by Crippen LogP contribution is 2.09. The second-order valence-electron chi connectivity index (χ2n) is 4.04. The predicted molar refractivity (Wildman–Crippen MR) is 66.7 cm³/mol. The monoisotopic (exact) mass is 279 g/mol. The molecule has 7 heteroatoms. The third kappa shape index (κ3) is 2.82. The number of hydrazine groups is 1. The zero-order valence-corrected chi connectivity index (χ0v) is 10.5. The van der Waals surface area contributed by atoms with E-state index >= 15 is 0 Å². The summed E-state index contributed by atoms with van der Waals surface area (Å²) >= 11 is 0. The van der Waals surface area contributed by atoms with Crippen LogP contribution in [0.4, 0.5) is 8.78 Å². The standard InChI is InChI=1S/C13H11F2N3O2/c1-18-6-2-3-11(18)13(20)17-16-12(19)9-7-8(14)4-5-10(9)15/h2-7H,1H3,(H,16,19)(H,17,20). The van der Waals surface area contributed by atoms with Crippen LogP contribution < -0.4 is 10.9 Å². The maximum absolute atomic E-state index is 13.3. The molecule has 20 heavy (non-hydrogen) atoms. The summed E-state index contributed by atoms with van der Waals surface area (Å²) in [7, 11) is 1.66. The number of hydrogen-bond donors (Lipinski definition) is 2. The molecule has 0 aliphatic rings. The van der Waals surface area contributed by atoms with Gasteiger partial charge in [-0.05, 0) is 30.3 Å². The topological polar surface area (TPSA) is 63.1 Å². The van der Waals surface area contributed by atoms with E-state index in [1.54, 1.807) is 29.9 Å². The molecule has 5 nitrogen and oxygen atoms in total. The van der Waals surface area contributed by atoms with Gasteiger partial charge in [0.25, 0.3) is 11.8 Å². The Morgan fingerprint density at radius 2 is 1.80 bits per heavy atom. The number of benzene rings is 1. The number of nitrogens with zero attached hydrogens (tertiary/aromatic N) is 1. The van der Waals surface area contributed by atoms with Gasteiger partial charge in [-0.3, -0.25) is 20.4 Å². The van der Waals surface area contributed by atoms with Gasteiger partial charge in [0.05, 0.1) is 5.56 Å². The minimum Gasteiger partial charge on any atom is -0.347 e. The normalized spacial score (nSPS) is 10.2. The average molecular weight is 279 g/mol. The van der Waals surface area contributed by atoms with Crippen molar-refractivity contribution in [1.29, 1.82) is 0 Å². The Kier molecular flexibility index (Phi) is 3.79. The van der Waals surface area contributed by atoms with Crippen molar-refractivity contribution in [2.75, 3.05) is 0 Å². The fraction of sp³-hybridized carbons (Fsp3) is 0.0769. The Morgan fingerprint density at radius 1 is 1.10 bits per heavy atom. The molecule has 0 aliphatic carbocycles. The van der Waals surface area contributed by atoms with E-state index in [9.17, 15) is 18.4 Å². The zero-order chi connectivity index (χ0) is 14.7. The Balaban J connectivity index is 2.04. The molecule has 0 saturated carbocycles. The van der Waals surface area contributed by atoms with Gasteiger partial charge in [0, 0.05) is 13.2 Å². The van der Waals surface area contributed by atoms with Gasteiger partial charge < -0.3 is 4.57 Å². The minimum absolute atomic E-state index is 0.310. The summed E-state index contributed by atoms with van der Waals surface area (Å²) in [4.78, 5) is 23.3. The van der Waals surface area contributed by atoms with Gasteiger partial charge in [0.1, 0.15) is 17.3 Å². The summed E-state index contributed by atoms with van der Waals surface area (Å²) in [5, 5.41) is 0. The molecule has 0 fully saturated rings. The lowest BCUT2D eigenvalue weighted by Gasteiger charge is -2.08. The molecule has 2 N–H and O–H groups in total. The van der Waals surface area contributed by atoms with Crippen LogP contribution in [0.5, 0.6) is 0 Å². The van der Waals surface area contributed by atoms with Crippen LogP contribution in [-0.2, 0) is 7.05 Å². The van der Waals surface area contributed by atoms with E-state index in [0.717, 1.165) is 18.2 Å². The third-order valence-electron chi connectivity index (χ3n) is 2.64. The van der Waals surface area contributed by atoms with E-state index in [-0.39, 0.29) is 0 Å². The quantitative estimate of drug-likeness (QED) is 0.816. The van der Waals surface area contributed by atoms with E-state index in [1.165, 1.54) is 0 Å². The molecule has 2 amide bonds. The average Bonchev–Trinajstić information content (AvgIpc) is 2.84. The van der Waals surface area contributed by atoms with Crippen LogP contribution in [-0.4, -0.2) is 16.4 Å². The number of carbonyl (C=O) groups is 2. The number of carbonyl (C=O) groups excluding carboxylic acids is 2. The van der Waals surface area contributed by atoms with Crippen molar-refractivity contribution in [3.05, 3.63) is 59.4 Å². The van der Waals surface area contributed by atoms with Gasteiger partial charge in [-0.25, -0.2) is 8.78 Å². The lowest BCUT2D eigenvalue weighted by Crippen LogP contribution is -2.42. The minimum atomic E-state index is -0.940. The third-order valence-corrected chi connectivity index (χ3v) is 2.64. The first kappa shape index (κ1) is 13.7. The number of aromatic nitrogens is 1. The van der Waals surface area contributed by atoms with Crippen LogP contribution in [0.3, 0.4) is 0 Å². The molecule has 1 heterocycles. The van der Waals surface area contributed by atoms with E-state index in [4.69, 9.17) is 0 Å². The van der Waals surface area contributed by atoms with Crippen LogP contribution in [0.15, 0.2) is 36.5 Å². The number of aryl methyl sites for hydroxylation is 1. The summed E-state index contributed by atoms with van der Waals surface area (Å²) in [5.74, 6) is -3.13. The molecule has 0 spiro atoms. The second kappa shape index (κ2) is 5.52. The largest absolute Gasteiger partial charge is 0.347 e. The van der Waals surface area contributed by atoms with Crippen molar-refractivity contribution in [2.24, 2.45) is 7.05 Å². The molecule has 0 atom stereocenters. The summed E-state index contributed by atoms with van der Waals surface area (Å²) in [5.41, 5.74) is 3.97. The molecule has 0 saturated heterocycles. The van der Waals surface area contributed by atoms with Gasteiger partial charge in [0.15, 0.2) is 0 Å². The van der Waals surface area contributed by atoms with E-state index < -0.39 is 29.0 Å². The SMILES string of the molecule is Cn1cccc1C(=O)NNC(=O)c1cc(F)ccc1F. The molecule has 0 radical (unpaired) electrons. The van der Waals surface area contributed by atoms with Crippen LogP contribution in [0.25, 0.3) is 0 Å². The van der Waals surface area contributed by atoms with Crippen molar-refractivity contribution in [3.8, 4) is 0 Å². The second-order valence-corrected chi connectivity index (χ2v) is 4.04. The molecule has 2 aromatic rings. The molecule has 0 unspecified atom stereocenters. The van der Waals surface area contributed by atoms with Gasteiger partial charge in [-0.15, -0.1) is 0 Å². The number of amides is 2. The lowest BCUT2D eigenvalue weighted by atomic mass is 10.2. The first-order valence-electron chi connectivity index (χ1n) is 5.66. The van der Waals surface area contributed by atoms with Crippen molar-refractivity contribution >= 4 is 11.8 Å². The van der Waals surface area contributed by atoms with Gasteiger partial charge in [-0.2, -0.15) is 0 Å². The van der Waals surface area contributed by atoms with Gasteiger partial charge in [0.2, 0.25) is 0 Å². The number of hydrogen-bond acceptors (Lipinski definition) is 2. The summed E-state index contributed by atoms with van der Waals surface area (Å²) in [6.45, 7) is 0. The maximum Gasteiger partial charge on any atom is 0.286 e. The van der Waals surface area contributed by atoms with E-state index in [0.29, 0.717) is 5.69 Å². The summed E-state index contributed by atoms with van der Waals surface area (Å²) in [6, 6.07) is 5.69. The highest BCUT2D eigenvalue weighted by atomic mass is 19.1. The van der Waals surface area contributed by atoms with Crippen LogP contribution in [0.1, 0.15) is 20.8 Å². The Hall–Kier alpha value is -2.70. The van der Waals surface area contributed by atoms with E-state index in [1.807, 2.05) is 5.43 Å². The fourth-order valence-corrected chi connectivity index (χ4v) is 1.61. The van der Waals surface area contributed by atoms with Crippen LogP contribution >= 0.6 is 0 Å². The number of halogens is 2. The molecular weight excluding hydrogens is 268 g/mol. The molecule has 0 bridgehead atoms. The van der Waals surface area contributed by atoms with Crippen LogP contribution in [0.2, 0.25) is 0 Å². The predicted octanol–water partition coefficient (Wildman–Crippen LogP) is 1.38. The molecule has 1 aromatic heterocycles. The zero-order valence-electron chi connectivity index (χ0n) is 10.5. The Morgan fingerprint density at radius 3 is 2.45 bits per heavy atom.